The summed E-state index contributed by atoms with van der Waals surface area (Å²) in [6, 6.07) is 0. The van der Waals surface area contributed by atoms with Crippen molar-refractivity contribution in [1.29, 1.82) is 0 Å². The second kappa shape index (κ2) is 4.61. The Kier molecular flexibility index (Phi) is 3.15. The molecule has 3 rings (SSSR count). The number of aliphatic hydroxyl groups is 1. The standard InChI is InChI=1S/C18H24O2/c1-9-5-6-10(2)15-13(7-9)11(3)8-14(15)16-17(19)12(4)18(16)20/h8-10,13,15,19H,5-7H2,1-4H3. The number of Topliss-reactive ketones (excluding diaryl/α,β-unsaturated/α-hetero) is 1. The molecule has 2 heteroatoms. The van der Waals surface area contributed by atoms with Gasteiger partial charge in [-0.25, -0.2) is 0 Å². The first-order valence-corrected chi connectivity index (χ1v) is 7.79. The molecule has 108 valence electrons. The minimum absolute atomic E-state index is 0.0479. The molecule has 1 fully saturated rings. The largest absolute Gasteiger partial charge is 0.507 e. The summed E-state index contributed by atoms with van der Waals surface area (Å²) in [4.78, 5) is 12.1. The van der Waals surface area contributed by atoms with Gasteiger partial charge in [0.2, 0.25) is 0 Å². The highest BCUT2D eigenvalue weighted by Gasteiger charge is 2.43. The lowest BCUT2D eigenvalue weighted by atomic mass is 9.74. The molecule has 0 spiro atoms. The maximum Gasteiger partial charge on any atom is 0.196 e. The van der Waals surface area contributed by atoms with Crippen molar-refractivity contribution >= 4 is 5.78 Å². The van der Waals surface area contributed by atoms with Crippen molar-refractivity contribution < 1.29 is 9.90 Å². The third-order valence-corrected chi connectivity index (χ3v) is 5.59. The number of aliphatic hydroxyl groups excluding tert-OH is 1. The minimum Gasteiger partial charge on any atom is -0.507 e. The monoisotopic (exact) mass is 272 g/mol. The lowest BCUT2D eigenvalue weighted by molar-refractivity contribution is -0.113. The average Bonchev–Trinajstić information content (AvgIpc) is 2.63. The lowest BCUT2D eigenvalue weighted by Gasteiger charge is -2.29. The first kappa shape index (κ1) is 13.7. The van der Waals surface area contributed by atoms with E-state index in [1.807, 2.05) is 0 Å². The van der Waals surface area contributed by atoms with Crippen molar-refractivity contribution in [1.82, 2.24) is 0 Å². The Labute approximate surface area is 121 Å². The number of fused-ring (bicyclic) bond motifs is 1. The van der Waals surface area contributed by atoms with Crippen molar-refractivity contribution in [2.75, 3.05) is 0 Å². The molecule has 0 heterocycles. The molecule has 0 amide bonds. The highest BCUT2D eigenvalue weighted by Crippen LogP contribution is 2.51. The van der Waals surface area contributed by atoms with Crippen molar-refractivity contribution in [2.24, 2.45) is 23.7 Å². The fourth-order valence-corrected chi connectivity index (χ4v) is 4.30. The molecule has 4 unspecified atom stereocenters. The predicted molar refractivity (Wildman–Crippen MR) is 80.3 cm³/mol. The van der Waals surface area contributed by atoms with E-state index in [2.05, 4.69) is 26.8 Å². The fourth-order valence-electron chi connectivity index (χ4n) is 4.30. The second-order valence-electron chi connectivity index (χ2n) is 7.05. The van der Waals surface area contributed by atoms with Gasteiger partial charge >= 0.3 is 0 Å². The Hall–Kier alpha value is -1.31. The highest BCUT2D eigenvalue weighted by molar-refractivity contribution is 6.19. The number of hydrogen-bond acceptors (Lipinski definition) is 2. The molecule has 0 bridgehead atoms. The van der Waals surface area contributed by atoms with Crippen molar-refractivity contribution in [3.63, 3.8) is 0 Å². The molecule has 0 aromatic carbocycles. The zero-order valence-electron chi connectivity index (χ0n) is 12.9. The molecule has 4 atom stereocenters. The summed E-state index contributed by atoms with van der Waals surface area (Å²) in [6.45, 7) is 8.54. The van der Waals surface area contributed by atoms with Crippen LogP contribution in [0.3, 0.4) is 0 Å². The first-order valence-electron chi connectivity index (χ1n) is 7.79. The molecule has 0 radical (unpaired) electrons. The summed E-state index contributed by atoms with van der Waals surface area (Å²) in [7, 11) is 0. The Morgan fingerprint density at radius 3 is 2.55 bits per heavy atom. The van der Waals surface area contributed by atoms with Crippen molar-refractivity contribution in [2.45, 2.75) is 47.0 Å². The van der Waals surface area contributed by atoms with Gasteiger partial charge in [0.25, 0.3) is 0 Å². The van der Waals surface area contributed by atoms with Crippen LogP contribution in [0.15, 0.2) is 34.1 Å². The summed E-state index contributed by atoms with van der Waals surface area (Å²) in [6.07, 6.45) is 5.89. The van der Waals surface area contributed by atoms with Crippen LogP contribution in [0.4, 0.5) is 0 Å². The van der Waals surface area contributed by atoms with Crippen LogP contribution < -0.4 is 0 Å². The van der Waals surface area contributed by atoms with Crippen LogP contribution in [0, 0.1) is 23.7 Å². The Morgan fingerprint density at radius 1 is 1.20 bits per heavy atom. The Morgan fingerprint density at radius 2 is 1.90 bits per heavy atom. The van der Waals surface area contributed by atoms with E-state index in [1.165, 1.54) is 24.8 Å². The predicted octanol–water partition coefficient (Wildman–Crippen LogP) is 4.35. The molecule has 0 aromatic heterocycles. The van der Waals surface area contributed by atoms with Gasteiger partial charge in [-0.05, 0) is 55.9 Å². The fraction of sp³-hybridized carbons (Fsp3) is 0.611. The number of rotatable bonds is 0. The molecule has 3 aliphatic carbocycles. The summed E-state index contributed by atoms with van der Waals surface area (Å²) < 4.78 is 0. The Balaban J connectivity index is 2.07. The van der Waals surface area contributed by atoms with E-state index in [9.17, 15) is 9.90 Å². The zero-order chi connectivity index (χ0) is 14.6. The number of carbonyl (C=O) groups is 1. The van der Waals surface area contributed by atoms with Gasteiger partial charge in [-0.2, -0.15) is 0 Å². The quantitative estimate of drug-likeness (QED) is 0.666. The van der Waals surface area contributed by atoms with Gasteiger partial charge in [0, 0.05) is 5.57 Å². The van der Waals surface area contributed by atoms with E-state index in [4.69, 9.17) is 0 Å². The molecule has 2 nitrogen and oxygen atoms in total. The van der Waals surface area contributed by atoms with E-state index in [-0.39, 0.29) is 11.5 Å². The van der Waals surface area contributed by atoms with E-state index in [0.717, 1.165) is 11.5 Å². The van der Waals surface area contributed by atoms with E-state index >= 15 is 0 Å². The van der Waals surface area contributed by atoms with Gasteiger partial charge in [0.1, 0.15) is 5.76 Å². The Bertz CT molecular complexity index is 562. The van der Waals surface area contributed by atoms with Crippen LogP contribution in [0.1, 0.15) is 47.0 Å². The molecule has 3 aliphatic rings. The maximum absolute atomic E-state index is 12.1. The maximum atomic E-state index is 12.1. The molecule has 20 heavy (non-hydrogen) atoms. The molecular weight excluding hydrogens is 248 g/mol. The van der Waals surface area contributed by atoms with Crippen molar-refractivity contribution in [3.05, 3.63) is 34.1 Å². The van der Waals surface area contributed by atoms with Gasteiger partial charge in [0.15, 0.2) is 5.78 Å². The number of hydrogen-bond donors (Lipinski definition) is 1. The van der Waals surface area contributed by atoms with E-state index < -0.39 is 0 Å². The summed E-state index contributed by atoms with van der Waals surface area (Å²) in [5.41, 5.74) is 3.64. The average molecular weight is 272 g/mol. The van der Waals surface area contributed by atoms with Crippen LogP contribution in [0.25, 0.3) is 0 Å². The summed E-state index contributed by atoms with van der Waals surface area (Å²) in [5.74, 6) is 2.61. The number of ketones is 1. The number of allylic oxidation sites excluding steroid dienone is 5. The second-order valence-corrected chi connectivity index (χ2v) is 7.05. The van der Waals surface area contributed by atoms with Crippen LogP contribution in [0.2, 0.25) is 0 Å². The van der Waals surface area contributed by atoms with E-state index in [0.29, 0.717) is 28.9 Å². The van der Waals surface area contributed by atoms with Gasteiger partial charge in [-0.3, -0.25) is 4.79 Å². The molecule has 1 saturated carbocycles. The summed E-state index contributed by atoms with van der Waals surface area (Å²) in [5, 5.41) is 10.1. The number of carbonyl (C=O) groups excluding carboxylic acids is 1. The first-order chi connectivity index (χ1) is 9.41. The van der Waals surface area contributed by atoms with Crippen LogP contribution >= 0.6 is 0 Å². The van der Waals surface area contributed by atoms with Gasteiger partial charge in [-0.15, -0.1) is 0 Å². The van der Waals surface area contributed by atoms with Gasteiger partial charge < -0.3 is 5.11 Å². The molecule has 0 aromatic rings. The topological polar surface area (TPSA) is 37.3 Å². The van der Waals surface area contributed by atoms with Gasteiger partial charge in [-0.1, -0.05) is 31.9 Å². The molecule has 0 aliphatic heterocycles. The smallest absolute Gasteiger partial charge is 0.196 e. The molecule has 0 saturated heterocycles. The highest BCUT2D eigenvalue weighted by atomic mass is 16.3. The van der Waals surface area contributed by atoms with Gasteiger partial charge in [0.05, 0.1) is 5.57 Å². The lowest BCUT2D eigenvalue weighted by Crippen LogP contribution is -2.26. The van der Waals surface area contributed by atoms with Crippen molar-refractivity contribution in [3.8, 4) is 0 Å². The third-order valence-electron chi connectivity index (χ3n) is 5.59. The van der Waals surface area contributed by atoms with Crippen LogP contribution in [-0.2, 0) is 4.79 Å². The van der Waals surface area contributed by atoms with E-state index in [1.54, 1.807) is 6.92 Å². The molecular formula is C18H24O2. The SMILES string of the molecule is CC1=CC(=C2C(=O)C(C)=C2O)C2C(C)CCC(C)CC12. The normalized spacial score (nSPS) is 41.2. The van der Waals surface area contributed by atoms with Crippen LogP contribution in [0.5, 0.6) is 0 Å². The zero-order valence-corrected chi connectivity index (χ0v) is 12.9. The molecule has 1 N–H and O–H groups in total. The minimum atomic E-state index is 0.0479. The third kappa shape index (κ3) is 1.81. The van der Waals surface area contributed by atoms with Crippen LogP contribution in [-0.4, -0.2) is 10.9 Å². The summed E-state index contributed by atoms with van der Waals surface area (Å²) >= 11 is 0.